The SMILES string of the molecule is CCCC(CCCN)c1ccc(OCC)c(C)c1C. The first-order chi connectivity index (χ1) is 9.15. The first-order valence-corrected chi connectivity index (χ1v) is 7.58. The lowest BCUT2D eigenvalue weighted by Crippen LogP contribution is -2.07. The van der Waals surface area contributed by atoms with Gasteiger partial charge in [-0.05, 0) is 75.3 Å². The van der Waals surface area contributed by atoms with Gasteiger partial charge in [-0.3, -0.25) is 0 Å². The third kappa shape index (κ3) is 4.24. The molecule has 1 aromatic rings. The van der Waals surface area contributed by atoms with Crippen molar-refractivity contribution < 1.29 is 4.74 Å². The number of benzene rings is 1. The Morgan fingerprint density at radius 2 is 1.84 bits per heavy atom. The van der Waals surface area contributed by atoms with Gasteiger partial charge in [-0.15, -0.1) is 0 Å². The summed E-state index contributed by atoms with van der Waals surface area (Å²) in [6.07, 6.45) is 4.77. The largest absolute Gasteiger partial charge is 0.494 e. The first kappa shape index (κ1) is 16.0. The van der Waals surface area contributed by atoms with Gasteiger partial charge in [-0.25, -0.2) is 0 Å². The molecule has 0 saturated heterocycles. The van der Waals surface area contributed by atoms with E-state index in [2.05, 4.69) is 32.9 Å². The minimum absolute atomic E-state index is 0.642. The molecule has 1 rings (SSSR count). The number of hydrogen-bond donors (Lipinski definition) is 1. The fourth-order valence-electron chi connectivity index (χ4n) is 2.74. The van der Waals surface area contributed by atoms with E-state index >= 15 is 0 Å². The van der Waals surface area contributed by atoms with Gasteiger partial charge in [0.1, 0.15) is 5.75 Å². The summed E-state index contributed by atoms with van der Waals surface area (Å²) in [6.45, 7) is 10.2. The molecule has 0 aromatic heterocycles. The number of hydrogen-bond acceptors (Lipinski definition) is 2. The Bertz CT molecular complexity index is 387. The van der Waals surface area contributed by atoms with E-state index in [1.54, 1.807) is 0 Å². The molecule has 1 atom stereocenters. The number of nitrogens with two attached hydrogens (primary N) is 1. The molecule has 0 amide bonds. The predicted octanol–water partition coefficient (Wildman–Crippen LogP) is 4.32. The van der Waals surface area contributed by atoms with Crippen molar-refractivity contribution in [2.24, 2.45) is 5.73 Å². The Labute approximate surface area is 118 Å². The maximum atomic E-state index is 5.67. The normalized spacial score (nSPS) is 12.5. The molecule has 19 heavy (non-hydrogen) atoms. The van der Waals surface area contributed by atoms with E-state index in [4.69, 9.17) is 10.5 Å². The minimum atomic E-state index is 0.642. The molecule has 0 fully saturated rings. The van der Waals surface area contributed by atoms with E-state index in [0.717, 1.165) is 25.3 Å². The van der Waals surface area contributed by atoms with Gasteiger partial charge in [0.15, 0.2) is 0 Å². The second kappa shape index (κ2) is 8.21. The van der Waals surface area contributed by atoms with E-state index in [0.29, 0.717) is 5.92 Å². The molecule has 2 nitrogen and oxygen atoms in total. The van der Waals surface area contributed by atoms with Gasteiger partial charge in [0.2, 0.25) is 0 Å². The van der Waals surface area contributed by atoms with E-state index in [1.807, 2.05) is 6.92 Å². The molecular weight excluding hydrogens is 234 g/mol. The van der Waals surface area contributed by atoms with Crippen LogP contribution in [0.3, 0.4) is 0 Å². The van der Waals surface area contributed by atoms with Gasteiger partial charge >= 0.3 is 0 Å². The Morgan fingerprint density at radius 1 is 1.11 bits per heavy atom. The molecule has 2 heteroatoms. The Morgan fingerprint density at radius 3 is 2.42 bits per heavy atom. The third-order valence-electron chi connectivity index (χ3n) is 3.91. The predicted molar refractivity (Wildman–Crippen MR) is 83.0 cm³/mol. The fraction of sp³-hybridized carbons (Fsp3) is 0.647. The summed E-state index contributed by atoms with van der Waals surface area (Å²) in [4.78, 5) is 0. The molecule has 0 aliphatic carbocycles. The van der Waals surface area contributed by atoms with E-state index in [1.165, 1.54) is 36.0 Å². The summed E-state index contributed by atoms with van der Waals surface area (Å²) in [7, 11) is 0. The lowest BCUT2D eigenvalue weighted by molar-refractivity contribution is 0.337. The lowest BCUT2D eigenvalue weighted by Gasteiger charge is -2.21. The topological polar surface area (TPSA) is 35.2 Å². The van der Waals surface area contributed by atoms with Gasteiger partial charge < -0.3 is 10.5 Å². The van der Waals surface area contributed by atoms with Crippen LogP contribution in [0.2, 0.25) is 0 Å². The van der Waals surface area contributed by atoms with Crippen LogP contribution in [0.15, 0.2) is 12.1 Å². The monoisotopic (exact) mass is 263 g/mol. The molecule has 0 bridgehead atoms. The van der Waals surface area contributed by atoms with Gasteiger partial charge in [-0.2, -0.15) is 0 Å². The molecular formula is C17H29NO. The van der Waals surface area contributed by atoms with Crippen LogP contribution in [0.1, 0.15) is 62.1 Å². The van der Waals surface area contributed by atoms with Crippen LogP contribution in [0.5, 0.6) is 5.75 Å². The van der Waals surface area contributed by atoms with E-state index in [-0.39, 0.29) is 0 Å². The highest BCUT2D eigenvalue weighted by molar-refractivity contribution is 5.45. The van der Waals surface area contributed by atoms with Crippen LogP contribution in [0.4, 0.5) is 0 Å². The van der Waals surface area contributed by atoms with Crippen molar-refractivity contribution in [2.45, 2.75) is 59.3 Å². The van der Waals surface area contributed by atoms with Crippen molar-refractivity contribution in [1.82, 2.24) is 0 Å². The molecule has 1 aromatic carbocycles. The molecule has 108 valence electrons. The summed E-state index contributed by atoms with van der Waals surface area (Å²) >= 11 is 0. The van der Waals surface area contributed by atoms with Crippen LogP contribution in [0.25, 0.3) is 0 Å². The number of rotatable bonds is 8. The fourth-order valence-corrected chi connectivity index (χ4v) is 2.74. The van der Waals surface area contributed by atoms with Crippen LogP contribution < -0.4 is 10.5 Å². The highest BCUT2D eigenvalue weighted by atomic mass is 16.5. The molecule has 1 unspecified atom stereocenters. The standard InChI is InChI=1S/C17H29NO/c1-5-8-15(9-7-12-18)16-10-11-17(19-6-2)14(4)13(16)3/h10-11,15H,5-9,12,18H2,1-4H3. The van der Waals surface area contributed by atoms with Crippen LogP contribution in [-0.2, 0) is 0 Å². The zero-order valence-electron chi connectivity index (χ0n) is 13.0. The Kier molecular flexibility index (Phi) is 6.93. The van der Waals surface area contributed by atoms with Gasteiger partial charge in [0.25, 0.3) is 0 Å². The zero-order valence-corrected chi connectivity index (χ0v) is 13.0. The second-order valence-corrected chi connectivity index (χ2v) is 5.25. The summed E-state index contributed by atoms with van der Waals surface area (Å²) in [5.74, 6) is 1.67. The van der Waals surface area contributed by atoms with E-state index in [9.17, 15) is 0 Å². The smallest absolute Gasteiger partial charge is 0.122 e. The van der Waals surface area contributed by atoms with Crippen molar-refractivity contribution in [2.75, 3.05) is 13.2 Å². The number of ether oxygens (including phenoxy) is 1. The highest BCUT2D eigenvalue weighted by Gasteiger charge is 2.15. The van der Waals surface area contributed by atoms with Crippen LogP contribution in [-0.4, -0.2) is 13.2 Å². The maximum absolute atomic E-state index is 5.67. The average Bonchev–Trinajstić information content (AvgIpc) is 2.41. The zero-order chi connectivity index (χ0) is 14.3. The second-order valence-electron chi connectivity index (χ2n) is 5.25. The molecule has 0 radical (unpaired) electrons. The van der Waals surface area contributed by atoms with Gasteiger partial charge in [0, 0.05) is 0 Å². The summed E-state index contributed by atoms with van der Waals surface area (Å²) in [5.41, 5.74) is 9.82. The average molecular weight is 263 g/mol. The Balaban J connectivity index is 2.99. The Hall–Kier alpha value is -1.02. The van der Waals surface area contributed by atoms with Crippen LogP contribution >= 0.6 is 0 Å². The molecule has 0 aliphatic heterocycles. The molecule has 0 saturated carbocycles. The van der Waals surface area contributed by atoms with Crippen molar-refractivity contribution in [3.05, 3.63) is 28.8 Å². The summed E-state index contributed by atoms with van der Waals surface area (Å²) in [5, 5.41) is 0. The van der Waals surface area contributed by atoms with Gasteiger partial charge in [-0.1, -0.05) is 19.4 Å². The minimum Gasteiger partial charge on any atom is -0.494 e. The lowest BCUT2D eigenvalue weighted by atomic mass is 9.86. The first-order valence-electron chi connectivity index (χ1n) is 7.58. The van der Waals surface area contributed by atoms with E-state index < -0.39 is 0 Å². The van der Waals surface area contributed by atoms with Gasteiger partial charge in [0.05, 0.1) is 6.61 Å². The molecule has 2 N–H and O–H groups in total. The quantitative estimate of drug-likeness (QED) is 0.758. The van der Waals surface area contributed by atoms with Crippen molar-refractivity contribution >= 4 is 0 Å². The summed E-state index contributed by atoms with van der Waals surface area (Å²) in [6, 6.07) is 4.39. The van der Waals surface area contributed by atoms with Crippen molar-refractivity contribution in [1.29, 1.82) is 0 Å². The third-order valence-corrected chi connectivity index (χ3v) is 3.91. The highest BCUT2D eigenvalue weighted by Crippen LogP contribution is 2.33. The van der Waals surface area contributed by atoms with Crippen molar-refractivity contribution in [3.63, 3.8) is 0 Å². The van der Waals surface area contributed by atoms with Crippen molar-refractivity contribution in [3.8, 4) is 5.75 Å². The van der Waals surface area contributed by atoms with Crippen LogP contribution in [0, 0.1) is 13.8 Å². The maximum Gasteiger partial charge on any atom is 0.122 e. The molecule has 0 aliphatic rings. The molecule has 0 spiro atoms. The summed E-state index contributed by atoms with van der Waals surface area (Å²) < 4.78 is 5.67. The molecule has 0 heterocycles.